The van der Waals surface area contributed by atoms with Crippen LogP contribution >= 0.6 is 0 Å². The van der Waals surface area contributed by atoms with Gasteiger partial charge in [0.1, 0.15) is 0 Å². The number of rotatable bonds is 14. The monoisotopic (exact) mass is 460 g/mol. The molecule has 0 aromatic heterocycles. The summed E-state index contributed by atoms with van der Waals surface area (Å²) < 4.78 is 67.9. The van der Waals surface area contributed by atoms with Gasteiger partial charge in [0.15, 0.2) is 12.2 Å². The molecule has 0 radical (unpaired) electrons. The lowest BCUT2D eigenvalue weighted by Gasteiger charge is -2.20. The molecule has 0 amide bonds. The molecule has 2 atom stereocenters. The van der Waals surface area contributed by atoms with Gasteiger partial charge in [0.25, 0.3) is 20.2 Å². The molecule has 0 N–H and O–H groups in total. The van der Waals surface area contributed by atoms with Crippen LogP contribution in [0.5, 0.6) is 0 Å². The van der Waals surface area contributed by atoms with Crippen molar-refractivity contribution in [2.75, 3.05) is 24.7 Å². The number of esters is 2. The quantitative estimate of drug-likeness (QED) is 0.275. The van der Waals surface area contributed by atoms with Crippen molar-refractivity contribution < 1.29 is 44.3 Å². The molecule has 12 heteroatoms. The second kappa shape index (κ2) is 12.5. The molecule has 0 aliphatic rings. The molecule has 0 aliphatic carbocycles. The molecule has 0 aliphatic heterocycles. The molecule has 0 heterocycles. The maximum atomic E-state index is 12.1. The van der Waals surface area contributed by atoms with Crippen LogP contribution < -0.4 is 0 Å². The Bertz CT molecular complexity index is 663. The topological polar surface area (TPSA) is 139 Å². The Hall–Kier alpha value is -1.24. The van der Waals surface area contributed by atoms with Gasteiger partial charge in [-0.15, -0.1) is 0 Å². The second-order valence-corrected chi connectivity index (χ2v) is 10.3. The van der Waals surface area contributed by atoms with Gasteiger partial charge >= 0.3 is 11.9 Å². The van der Waals surface area contributed by atoms with E-state index in [2.05, 4.69) is 0 Å². The van der Waals surface area contributed by atoms with Gasteiger partial charge in [0, 0.05) is 0 Å². The summed E-state index contributed by atoms with van der Waals surface area (Å²) >= 11 is 0. The number of hydrogen-bond donors (Lipinski definition) is 0. The van der Waals surface area contributed by atoms with Gasteiger partial charge in [0.2, 0.25) is 0 Å². The van der Waals surface area contributed by atoms with Crippen LogP contribution in [0.15, 0.2) is 0 Å². The highest BCUT2D eigenvalue weighted by Gasteiger charge is 2.32. The maximum absolute atomic E-state index is 12.1. The minimum absolute atomic E-state index is 0.0680. The Morgan fingerprint density at radius 2 is 1.00 bits per heavy atom. The summed E-state index contributed by atoms with van der Waals surface area (Å²) in [6.07, 6.45) is -2.98. The molecule has 0 saturated carbocycles. The van der Waals surface area contributed by atoms with Gasteiger partial charge in [-0.05, 0) is 32.1 Å². The summed E-state index contributed by atoms with van der Waals surface area (Å²) in [6.45, 7) is 9.67. The van der Waals surface area contributed by atoms with E-state index in [0.717, 1.165) is 0 Å². The number of carbonyl (C=O) groups excluding carboxylic acids is 2. The van der Waals surface area contributed by atoms with Gasteiger partial charge in [-0.25, -0.2) is 9.59 Å². The maximum Gasteiger partial charge on any atom is 0.337 e. The average molecular weight is 461 g/mol. The first kappa shape index (κ1) is 27.8. The lowest BCUT2D eigenvalue weighted by Crippen LogP contribution is -2.35. The molecule has 0 unspecified atom stereocenters. The lowest BCUT2D eigenvalue weighted by molar-refractivity contribution is -0.154. The van der Waals surface area contributed by atoms with E-state index >= 15 is 0 Å². The van der Waals surface area contributed by atoms with Crippen molar-refractivity contribution in [1.82, 2.24) is 0 Å². The highest BCUT2D eigenvalue weighted by atomic mass is 32.2. The summed E-state index contributed by atoms with van der Waals surface area (Å²) in [5.74, 6) is -3.85. The molecular formula is C17H32O10S2. The van der Waals surface area contributed by atoms with Gasteiger partial charge in [-0.1, -0.05) is 27.7 Å². The van der Waals surface area contributed by atoms with E-state index in [0.29, 0.717) is 0 Å². The fourth-order valence-corrected chi connectivity index (χ4v) is 4.72. The summed E-state index contributed by atoms with van der Waals surface area (Å²) in [5.41, 5.74) is 0. The first-order valence-corrected chi connectivity index (χ1v) is 12.6. The summed E-state index contributed by atoms with van der Waals surface area (Å²) in [7, 11) is -8.39. The fourth-order valence-electron chi connectivity index (χ4n) is 2.12. The number of ether oxygens (including phenoxy) is 2. The van der Waals surface area contributed by atoms with E-state index in [-0.39, 0.29) is 19.6 Å². The Labute approximate surface area is 173 Å². The largest absolute Gasteiger partial charge is 0.464 e. The van der Waals surface area contributed by atoms with Crippen LogP contribution in [0.4, 0.5) is 0 Å². The molecule has 172 valence electrons. The smallest absolute Gasteiger partial charge is 0.337 e. The van der Waals surface area contributed by atoms with E-state index < -0.39 is 67.7 Å². The third-order valence-electron chi connectivity index (χ3n) is 3.54. The number of hydrogen-bond acceptors (Lipinski definition) is 10. The summed E-state index contributed by atoms with van der Waals surface area (Å²) in [6, 6.07) is 0. The van der Waals surface area contributed by atoms with Crippen LogP contribution in [0.1, 0.15) is 48.0 Å². The van der Waals surface area contributed by atoms with E-state index in [4.69, 9.17) is 17.8 Å². The molecule has 10 nitrogen and oxygen atoms in total. The Kier molecular flexibility index (Phi) is 11.9. The van der Waals surface area contributed by atoms with Gasteiger partial charge in [-0.3, -0.25) is 8.37 Å². The standard InChI is InChI=1S/C17H32O10S2/c1-7-24-16(18)14(12(3)4)26-28(20,21)10-9-11-29(22,23)27-15(13(5)6)17(19)25-8-2/h12-15H,7-11H2,1-6H3/t14-,15-/m0/s1. The zero-order chi connectivity index (χ0) is 22.8. The highest BCUT2D eigenvalue weighted by Crippen LogP contribution is 2.16. The molecule has 0 aromatic carbocycles. The van der Waals surface area contributed by atoms with Gasteiger partial charge in [-0.2, -0.15) is 16.8 Å². The first-order chi connectivity index (χ1) is 13.3. The van der Waals surface area contributed by atoms with E-state index in [9.17, 15) is 26.4 Å². The van der Waals surface area contributed by atoms with Crippen molar-refractivity contribution in [3.63, 3.8) is 0 Å². The normalized spacial score (nSPS) is 14.6. The Balaban J connectivity index is 4.92. The van der Waals surface area contributed by atoms with Crippen molar-refractivity contribution in [3.8, 4) is 0 Å². The van der Waals surface area contributed by atoms with Crippen molar-refractivity contribution in [1.29, 1.82) is 0 Å². The number of carbonyl (C=O) groups is 2. The minimum atomic E-state index is -4.19. The zero-order valence-electron chi connectivity index (χ0n) is 17.7. The van der Waals surface area contributed by atoms with E-state index in [1.165, 1.54) is 0 Å². The van der Waals surface area contributed by atoms with Crippen molar-refractivity contribution in [2.45, 2.75) is 60.2 Å². The predicted octanol–water partition coefficient (Wildman–Crippen LogP) is 1.24. The zero-order valence-corrected chi connectivity index (χ0v) is 19.4. The third-order valence-corrected chi connectivity index (χ3v) is 6.12. The van der Waals surface area contributed by atoms with E-state index in [1.54, 1.807) is 41.5 Å². The van der Waals surface area contributed by atoms with Crippen LogP contribution in [0, 0.1) is 11.8 Å². The van der Waals surface area contributed by atoms with Crippen molar-refractivity contribution in [3.05, 3.63) is 0 Å². The highest BCUT2D eigenvalue weighted by molar-refractivity contribution is 7.87. The minimum Gasteiger partial charge on any atom is -0.464 e. The molecular weight excluding hydrogens is 428 g/mol. The second-order valence-electron chi connectivity index (χ2n) is 6.90. The molecule has 0 bridgehead atoms. The molecule has 0 spiro atoms. The fraction of sp³-hybridized carbons (Fsp3) is 0.882. The predicted molar refractivity (Wildman–Crippen MR) is 105 cm³/mol. The first-order valence-electron chi connectivity index (χ1n) is 9.41. The van der Waals surface area contributed by atoms with Crippen molar-refractivity contribution in [2.24, 2.45) is 11.8 Å². The molecule has 0 aromatic rings. The lowest BCUT2D eigenvalue weighted by atomic mass is 10.1. The summed E-state index contributed by atoms with van der Waals surface area (Å²) in [5, 5.41) is 0. The molecule has 29 heavy (non-hydrogen) atoms. The van der Waals surface area contributed by atoms with Gasteiger partial charge in [0.05, 0.1) is 24.7 Å². The molecule has 0 saturated heterocycles. The Morgan fingerprint density at radius 3 is 1.24 bits per heavy atom. The van der Waals surface area contributed by atoms with Crippen molar-refractivity contribution >= 4 is 32.2 Å². The van der Waals surface area contributed by atoms with Crippen LogP contribution in [0.2, 0.25) is 0 Å². The van der Waals surface area contributed by atoms with Crippen LogP contribution in [-0.2, 0) is 47.7 Å². The third kappa shape index (κ3) is 10.9. The van der Waals surface area contributed by atoms with Crippen LogP contribution in [0.3, 0.4) is 0 Å². The SMILES string of the molecule is CCOC(=O)[C@@H](OS(=O)(=O)CCCS(=O)(=O)O[C@H](C(=O)OCC)C(C)C)C(C)C. The summed E-state index contributed by atoms with van der Waals surface area (Å²) in [4.78, 5) is 23.7. The average Bonchev–Trinajstić information content (AvgIpc) is 2.57. The molecule has 0 fully saturated rings. The molecule has 0 rings (SSSR count). The van der Waals surface area contributed by atoms with E-state index in [1.807, 2.05) is 0 Å². The van der Waals surface area contributed by atoms with Crippen LogP contribution in [0.25, 0.3) is 0 Å². The van der Waals surface area contributed by atoms with Crippen LogP contribution in [-0.4, -0.2) is 65.7 Å². The Morgan fingerprint density at radius 1 is 0.690 bits per heavy atom. The van der Waals surface area contributed by atoms with Gasteiger partial charge < -0.3 is 9.47 Å².